The first-order chi connectivity index (χ1) is 11.5. The minimum absolute atomic E-state index is 0.668. The van der Waals surface area contributed by atoms with E-state index in [9.17, 15) is 0 Å². The predicted octanol–water partition coefficient (Wildman–Crippen LogP) is 3.83. The van der Waals surface area contributed by atoms with Gasteiger partial charge in [0, 0.05) is 50.3 Å². The monoisotopic (exact) mass is 325 g/mol. The van der Waals surface area contributed by atoms with Crippen LogP contribution in [0.5, 0.6) is 0 Å². The van der Waals surface area contributed by atoms with E-state index in [4.69, 9.17) is 4.98 Å². The molecule has 24 heavy (non-hydrogen) atoms. The zero-order chi connectivity index (χ0) is 17.1. The molecule has 1 saturated heterocycles. The Morgan fingerprint density at radius 3 is 2.38 bits per heavy atom. The molecule has 1 aliphatic rings. The van der Waals surface area contributed by atoms with Crippen LogP contribution in [0.2, 0.25) is 0 Å². The van der Waals surface area contributed by atoms with Gasteiger partial charge in [0.15, 0.2) is 0 Å². The van der Waals surface area contributed by atoms with E-state index < -0.39 is 0 Å². The number of aromatic nitrogens is 2. The number of aryl methyl sites for hydroxylation is 1. The number of benzene rings is 1. The lowest BCUT2D eigenvalue weighted by Gasteiger charge is -2.31. The first-order valence-corrected chi connectivity index (χ1v) is 8.66. The fourth-order valence-corrected chi connectivity index (χ4v) is 2.98. The molecular weight excluding hydrogens is 298 g/mol. The Bertz CT molecular complexity index is 673. The van der Waals surface area contributed by atoms with Crippen LogP contribution in [0.4, 0.5) is 23.1 Å². The number of anilines is 4. The Kier molecular flexibility index (Phi) is 4.88. The van der Waals surface area contributed by atoms with E-state index in [-0.39, 0.29) is 0 Å². The molecule has 0 spiro atoms. The average molecular weight is 325 g/mol. The molecule has 0 bridgehead atoms. The molecule has 0 aliphatic carbocycles. The maximum Gasteiger partial charge on any atom is 0.229 e. The largest absolute Gasteiger partial charge is 0.378 e. The van der Waals surface area contributed by atoms with Gasteiger partial charge in [-0.25, -0.2) is 4.98 Å². The van der Waals surface area contributed by atoms with Gasteiger partial charge in [-0.1, -0.05) is 6.92 Å². The number of rotatable bonds is 4. The van der Waals surface area contributed by atoms with E-state index in [2.05, 4.69) is 57.4 Å². The standard InChI is InChI=1S/C19H27N5/c1-14-9-11-24(12-10-14)18-13-15(2)20-19(22-18)21-16-5-7-17(8-6-16)23(3)4/h5-8,13-14H,9-12H2,1-4H3,(H,20,21,22). The molecule has 0 amide bonds. The summed E-state index contributed by atoms with van der Waals surface area (Å²) < 4.78 is 0. The quantitative estimate of drug-likeness (QED) is 0.925. The van der Waals surface area contributed by atoms with Crippen molar-refractivity contribution in [2.75, 3.05) is 42.3 Å². The van der Waals surface area contributed by atoms with Gasteiger partial charge in [0.1, 0.15) is 5.82 Å². The van der Waals surface area contributed by atoms with Gasteiger partial charge in [-0.2, -0.15) is 4.98 Å². The Balaban J connectivity index is 1.76. The molecule has 0 saturated carbocycles. The highest BCUT2D eigenvalue weighted by Gasteiger charge is 2.18. The highest BCUT2D eigenvalue weighted by Crippen LogP contribution is 2.24. The third kappa shape index (κ3) is 3.96. The van der Waals surface area contributed by atoms with Gasteiger partial charge in [0.25, 0.3) is 0 Å². The van der Waals surface area contributed by atoms with Gasteiger partial charge >= 0.3 is 0 Å². The molecular formula is C19H27N5. The lowest BCUT2D eigenvalue weighted by Crippen LogP contribution is -2.33. The Morgan fingerprint density at radius 1 is 1.08 bits per heavy atom. The topological polar surface area (TPSA) is 44.3 Å². The highest BCUT2D eigenvalue weighted by atomic mass is 15.2. The molecule has 128 valence electrons. The van der Waals surface area contributed by atoms with Gasteiger partial charge in [0.2, 0.25) is 5.95 Å². The van der Waals surface area contributed by atoms with E-state index >= 15 is 0 Å². The predicted molar refractivity (Wildman–Crippen MR) is 101 cm³/mol. The summed E-state index contributed by atoms with van der Waals surface area (Å²) in [6, 6.07) is 10.4. The van der Waals surface area contributed by atoms with Gasteiger partial charge in [0.05, 0.1) is 0 Å². The molecule has 5 nitrogen and oxygen atoms in total. The molecule has 2 heterocycles. The molecule has 5 heteroatoms. The number of hydrogen-bond acceptors (Lipinski definition) is 5. The second kappa shape index (κ2) is 7.07. The van der Waals surface area contributed by atoms with Crippen LogP contribution in [0.25, 0.3) is 0 Å². The van der Waals surface area contributed by atoms with Crippen LogP contribution in [0.1, 0.15) is 25.5 Å². The zero-order valence-corrected chi connectivity index (χ0v) is 15.1. The van der Waals surface area contributed by atoms with Crippen LogP contribution in [-0.4, -0.2) is 37.2 Å². The van der Waals surface area contributed by atoms with Crippen molar-refractivity contribution in [2.45, 2.75) is 26.7 Å². The lowest BCUT2D eigenvalue weighted by atomic mass is 9.99. The summed E-state index contributed by atoms with van der Waals surface area (Å²) in [7, 11) is 4.08. The van der Waals surface area contributed by atoms with Crippen molar-refractivity contribution >= 4 is 23.1 Å². The van der Waals surface area contributed by atoms with Crippen molar-refractivity contribution in [3.8, 4) is 0 Å². The molecule has 3 rings (SSSR count). The van der Waals surface area contributed by atoms with E-state index in [1.807, 2.05) is 21.0 Å². The fourth-order valence-electron chi connectivity index (χ4n) is 2.98. The Morgan fingerprint density at radius 2 is 1.75 bits per heavy atom. The summed E-state index contributed by atoms with van der Waals surface area (Å²) in [6.45, 7) is 6.51. The molecule has 1 N–H and O–H groups in total. The number of nitrogens with zero attached hydrogens (tertiary/aromatic N) is 4. The molecule has 1 aromatic carbocycles. The molecule has 0 atom stereocenters. The first-order valence-electron chi connectivity index (χ1n) is 8.66. The second-order valence-electron chi connectivity index (χ2n) is 6.93. The summed E-state index contributed by atoms with van der Waals surface area (Å²) in [5.41, 5.74) is 3.17. The van der Waals surface area contributed by atoms with E-state index in [0.717, 1.165) is 36.2 Å². The maximum atomic E-state index is 4.73. The van der Waals surface area contributed by atoms with Crippen molar-refractivity contribution in [2.24, 2.45) is 5.92 Å². The minimum Gasteiger partial charge on any atom is -0.378 e. The zero-order valence-electron chi connectivity index (χ0n) is 15.1. The smallest absolute Gasteiger partial charge is 0.229 e. The van der Waals surface area contributed by atoms with Crippen molar-refractivity contribution < 1.29 is 0 Å². The number of piperidine rings is 1. The average Bonchev–Trinajstić information content (AvgIpc) is 2.55. The normalized spacial score (nSPS) is 15.4. The number of hydrogen-bond donors (Lipinski definition) is 1. The van der Waals surface area contributed by atoms with Crippen LogP contribution >= 0.6 is 0 Å². The Hall–Kier alpha value is -2.30. The number of nitrogens with one attached hydrogen (secondary N) is 1. The lowest BCUT2D eigenvalue weighted by molar-refractivity contribution is 0.436. The van der Waals surface area contributed by atoms with Crippen LogP contribution in [0.3, 0.4) is 0 Å². The molecule has 1 aliphatic heterocycles. The van der Waals surface area contributed by atoms with Crippen molar-refractivity contribution in [1.29, 1.82) is 0 Å². The summed E-state index contributed by atoms with van der Waals surface area (Å²) in [5, 5.41) is 3.33. The molecule has 0 radical (unpaired) electrons. The summed E-state index contributed by atoms with van der Waals surface area (Å²) in [6.07, 6.45) is 2.47. The SMILES string of the molecule is Cc1cc(N2CCC(C)CC2)nc(Nc2ccc(N(C)C)cc2)n1. The maximum absolute atomic E-state index is 4.73. The first kappa shape index (κ1) is 16.6. The van der Waals surface area contributed by atoms with E-state index in [0.29, 0.717) is 5.95 Å². The van der Waals surface area contributed by atoms with Gasteiger partial charge in [-0.15, -0.1) is 0 Å². The van der Waals surface area contributed by atoms with Crippen LogP contribution in [-0.2, 0) is 0 Å². The van der Waals surface area contributed by atoms with E-state index in [1.54, 1.807) is 0 Å². The van der Waals surface area contributed by atoms with Crippen LogP contribution in [0, 0.1) is 12.8 Å². The second-order valence-corrected chi connectivity index (χ2v) is 6.93. The van der Waals surface area contributed by atoms with Gasteiger partial charge in [-0.05, 0) is 49.9 Å². The molecule has 1 fully saturated rings. The van der Waals surface area contributed by atoms with Gasteiger partial charge in [-0.3, -0.25) is 0 Å². The van der Waals surface area contributed by atoms with Crippen molar-refractivity contribution in [1.82, 2.24) is 9.97 Å². The Labute approximate surface area is 144 Å². The molecule has 0 unspecified atom stereocenters. The highest BCUT2D eigenvalue weighted by molar-refractivity contribution is 5.60. The summed E-state index contributed by atoms with van der Waals surface area (Å²) >= 11 is 0. The fraction of sp³-hybridized carbons (Fsp3) is 0.474. The minimum atomic E-state index is 0.668. The molecule has 1 aromatic heterocycles. The van der Waals surface area contributed by atoms with Gasteiger partial charge < -0.3 is 15.1 Å². The third-order valence-corrected chi connectivity index (χ3v) is 4.59. The van der Waals surface area contributed by atoms with Crippen molar-refractivity contribution in [3.63, 3.8) is 0 Å². The third-order valence-electron chi connectivity index (χ3n) is 4.59. The summed E-state index contributed by atoms with van der Waals surface area (Å²) in [5.74, 6) is 2.51. The molecule has 2 aromatic rings. The van der Waals surface area contributed by atoms with Crippen LogP contribution in [0.15, 0.2) is 30.3 Å². The van der Waals surface area contributed by atoms with E-state index in [1.165, 1.54) is 18.5 Å². The van der Waals surface area contributed by atoms with Crippen LogP contribution < -0.4 is 15.1 Å². The van der Waals surface area contributed by atoms with Crippen molar-refractivity contribution in [3.05, 3.63) is 36.0 Å². The summed E-state index contributed by atoms with van der Waals surface area (Å²) in [4.78, 5) is 13.7.